The Morgan fingerprint density at radius 2 is 1.89 bits per heavy atom. The molecule has 1 N–H and O–H groups in total. The third-order valence-corrected chi connectivity index (χ3v) is 3.18. The Morgan fingerprint density at radius 3 is 2.44 bits per heavy atom. The molecule has 0 fully saturated rings. The first-order valence-electron chi connectivity index (χ1n) is 6.34. The molecule has 18 heavy (non-hydrogen) atoms. The summed E-state index contributed by atoms with van der Waals surface area (Å²) in [5.74, 6) is 0.591. The lowest BCUT2D eigenvalue weighted by molar-refractivity contribution is 0.316. The fraction of sp³-hybridized carbons (Fsp3) is 0.615. The number of hydrogen-bond acceptors (Lipinski definition) is 5. The van der Waals surface area contributed by atoms with Gasteiger partial charge in [0.2, 0.25) is 0 Å². The van der Waals surface area contributed by atoms with Crippen LogP contribution in [0, 0.1) is 25.2 Å². The number of aryl methyl sites for hydroxylation is 1. The van der Waals surface area contributed by atoms with Crippen molar-refractivity contribution < 1.29 is 0 Å². The minimum atomic E-state index is 0.591. The number of likely N-dealkylation sites (N-methyl/N-ethyl adjacent to an activating group) is 1. The van der Waals surface area contributed by atoms with Gasteiger partial charge in [-0.15, -0.1) is 5.10 Å². The maximum atomic E-state index is 9.16. The third-order valence-electron chi connectivity index (χ3n) is 3.18. The Labute approximate surface area is 109 Å². The van der Waals surface area contributed by atoms with Gasteiger partial charge in [-0.05, 0) is 32.5 Å². The van der Waals surface area contributed by atoms with Crippen LogP contribution >= 0.6 is 0 Å². The molecule has 0 aromatic carbocycles. The van der Waals surface area contributed by atoms with Crippen molar-refractivity contribution in [3.8, 4) is 6.07 Å². The van der Waals surface area contributed by atoms with Crippen molar-refractivity contribution in [2.24, 2.45) is 0 Å². The van der Waals surface area contributed by atoms with E-state index in [9.17, 15) is 0 Å². The molecule has 98 valence electrons. The minimum Gasteiger partial charge on any atom is -0.366 e. The van der Waals surface area contributed by atoms with Gasteiger partial charge in [0.1, 0.15) is 11.6 Å². The largest absolute Gasteiger partial charge is 0.366 e. The highest BCUT2D eigenvalue weighted by atomic mass is 15.2. The molecule has 5 nitrogen and oxygen atoms in total. The molecule has 0 saturated heterocycles. The summed E-state index contributed by atoms with van der Waals surface area (Å²) in [5.41, 5.74) is 2.31. The van der Waals surface area contributed by atoms with Crippen molar-refractivity contribution in [2.75, 3.05) is 31.5 Å². The van der Waals surface area contributed by atoms with E-state index in [4.69, 9.17) is 5.26 Å². The lowest BCUT2D eigenvalue weighted by Gasteiger charge is -2.18. The molecular formula is C13H21N5. The van der Waals surface area contributed by atoms with Crippen molar-refractivity contribution in [2.45, 2.75) is 27.7 Å². The van der Waals surface area contributed by atoms with Crippen LogP contribution in [0.1, 0.15) is 30.7 Å². The molecule has 0 bridgehead atoms. The van der Waals surface area contributed by atoms with Gasteiger partial charge in [-0.3, -0.25) is 0 Å². The molecule has 0 atom stereocenters. The summed E-state index contributed by atoms with van der Waals surface area (Å²) >= 11 is 0. The average molecular weight is 247 g/mol. The van der Waals surface area contributed by atoms with Crippen LogP contribution in [0.3, 0.4) is 0 Å². The van der Waals surface area contributed by atoms with Gasteiger partial charge in [0.25, 0.3) is 0 Å². The first-order chi connectivity index (χ1) is 8.63. The van der Waals surface area contributed by atoms with Crippen LogP contribution in [0.25, 0.3) is 0 Å². The predicted octanol–water partition coefficient (Wildman–Crippen LogP) is 1.72. The van der Waals surface area contributed by atoms with E-state index >= 15 is 0 Å². The number of nitrogens with zero attached hydrogens (tertiary/aromatic N) is 4. The molecule has 1 aromatic rings. The van der Waals surface area contributed by atoms with Gasteiger partial charge in [0.05, 0.1) is 5.69 Å². The first kappa shape index (κ1) is 14.4. The molecule has 1 aromatic heterocycles. The van der Waals surface area contributed by atoms with Crippen molar-refractivity contribution in [3.63, 3.8) is 0 Å². The highest BCUT2D eigenvalue weighted by Crippen LogP contribution is 2.16. The highest BCUT2D eigenvalue weighted by Gasteiger charge is 2.10. The third kappa shape index (κ3) is 3.41. The van der Waals surface area contributed by atoms with E-state index < -0.39 is 0 Å². The molecule has 0 spiro atoms. The Kier molecular flexibility index (Phi) is 5.53. The summed E-state index contributed by atoms with van der Waals surface area (Å²) in [4.78, 5) is 2.31. The van der Waals surface area contributed by atoms with Crippen molar-refractivity contribution in [1.29, 1.82) is 5.26 Å². The van der Waals surface area contributed by atoms with E-state index in [1.54, 1.807) is 0 Å². The van der Waals surface area contributed by atoms with Gasteiger partial charge in [-0.25, -0.2) is 0 Å². The highest BCUT2D eigenvalue weighted by molar-refractivity contribution is 5.55. The number of nitrogens with one attached hydrogen (secondary N) is 1. The monoisotopic (exact) mass is 247 g/mol. The maximum absolute atomic E-state index is 9.16. The molecule has 0 unspecified atom stereocenters. The SMILES string of the molecule is CCN(CC)CCNc1nnc(C)c(C)c1C#N. The molecule has 0 aliphatic rings. The minimum absolute atomic E-state index is 0.591. The zero-order valence-corrected chi connectivity index (χ0v) is 11.6. The van der Waals surface area contributed by atoms with Gasteiger partial charge < -0.3 is 10.2 Å². The van der Waals surface area contributed by atoms with Crippen LogP contribution in [0.15, 0.2) is 0 Å². The van der Waals surface area contributed by atoms with Crippen LogP contribution in [0.4, 0.5) is 5.82 Å². The van der Waals surface area contributed by atoms with Gasteiger partial charge in [0, 0.05) is 13.1 Å². The van der Waals surface area contributed by atoms with E-state index in [2.05, 4.69) is 40.3 Å². The van der Waals surface area contributed by atoms with Crippen LogP contribution in [-0.4, -0.2) is 41.3 Å². The summed E-state index contributed by atoms with van der Waals surface area (Å²) < 4.78 is 0. The summed E-state index contributed by atoms with van der Waals surface area (Å²) in [5, 5.41) is 20.5. The van der Waals surface area contributed by atoms with Gasteiger partial charge in [-0.1, -0.05) is 13.8 Å². The lowest BCUT2D eigenvalue weighted by atomic mass is 10.1. The van der Waals surface area contributed by atoms with Crippen LogP contribution in [0.2, 0.25) is 0 Å². The number of rotatable bonds is 6. The van der Waals surface area contributed by atoms with E-state index in [0.29, 0.717) is 11.4 Å². The summed E-state index contributed by atoms with van der Waals surface area (Å²) in [6.45, 7) is 11.8. The van der Waals surface area contributed by atoms with Crippen molar-refractivity contribution in [1.82, 2.24) is 15.1 Å². The van der Waals surface area contributed by atoms with Crippen molar-refractivity contribution >= 4 is 5.82 Å². The van der Waals surface area contributed by atoms with E-state index in [1.165, 1.54) is 0 Å². The fourth-order valence-corrected chi connectivity index (χ4v) is 1.74. The second-order valence-electron chi connectivity index (χ2n) is 4.20. The topological polar surface area (TPSA) is 64.8 Å². The summed E-state index contributed by atoms with van der Waals surface area (Å²) in [6.07, 6.45) is 0. The zero-order valence-electron chi connectivity index (χ0n) is 11.6. The zero-order chi connectivity index (χ0) is 13.5. The second kappa shape index (κ2) is 6.92. The number of hydrogen-bond donors (Lipinski definition) is 1. The summed E-state index contributed by atoms with van der Waals surface area (Å²) in [6, 6.07) is 2.19. The quantitative estimate of drug-likeness (QED) is 0.829. The normalized spacial score (nSPS) is 10.4. The van der Waals surface area contributed by atoms with Gasteiger partial charge >= 0.3 is 0 Å². The molecule has 0 amide bonds. The Morgan fingerprint density at radius 1 is 1.22 bits per heavy atom. The first-order valence-corrected chi connectivity index (χ1v) is 6.34. The number of nitriles is 1. The van der Waals surface area contributed by atoms with Crippen LogP contribution < -0.4 is 5.32 Å². The molecule has 0 aliphatic heterocycles. The fourth-order valence-electron chi connectivity index (χ4n) is 1.74. The maximum Gasteiger partial charge on any atom is 0.166 e. The standard InChI is InChI=1S/C13H21N5/c1-5-18(6-2)8-7-15-13-12(9-14)10(3)11(4)16-17-13/h5-8H2,1-4H3,(H,15,17). The lowest BCUT2D eigenvalue weighted by Crippen LogP contribution is -2.29. The van der Waals surface area contributed by atoms with Crippen LogP contribution in [-0.2, 0) is 0 Å². The van der Waals surface area contributed by atoms with E-state index in [0.717, 1.165) is 37.4 Å². The van der Waals surface area contributed by atoms with Crippen molar-refractivity contribution in [3.05, 3.63) is 16.8 Å². The molecule has 0 saturated carbocycles. The smallest absolute Gasteiger partial charge is 0.166 e. The molecule has 0 radical (unpaired) electrons. The Hall–Kier alpha value is -1.67. The number of aromatic nitrogens is 2. The van der Waals surface area contributed by atoms with Crippen LogP contribution in [0.5, 0.6) is 0 Å². The molecule has 1 rings (SSSR count). The molecule has 5 heteroatoms. The molecule has 1 heterocycles. The van der Waals surface area contributed by atoms with E-state index in [1.807, 2.05) is 13.8 Å². The number of anilines is 1. The predicted molar refractivity (Wildman–Crippen MR) is 72.5 cm³/mol. The Balaban J connectivity index is 2.69. The van der Waals surface area contributed by atoms with Gasteiger partial charge in [0.15, 0.2) is 5.82 Å². The Bertz CT molecular complexity index is 432. The van der Waals surface area contributed by atoms with E-state index in [-0.39, 0.29) is 0 Å². The molecular weight excluding hydrogens is 226 g/mol. The second-order valence-corrected chi connectivity index (χ2v) is 4.20. The average Bonchev–Trinajstić information content (AvgIpc) is 2.39. The summed E-state index contributed by atoms with van der Waals surface area (Å²) in [7, 11) is 0. The molecule has 0 aliphatic carbocycles. The van der Waals surface area contributed by atoms with Gasteiger partial charge in [-0.2, -0.15) is 10.4 Å².